The standard InChI is InChI=1S/C14H34N2O4P/c1-13(2)16(7,8)10-9-15(5,6)11-12-19-21(17,18)20-14(3)4/h13-14H,9-12H2,1-8H3/q+1. The topological polar surface area (TPSA) is 58.6 Å². The third-order valence-electron chi connectivity index (χ3n) is 3.97. The zero-order valence-corrected chi connectivity index (χ0v) is 15.9. The Labute approximate surface area is 130 Å². The summed E-state index contributed by atoms with van der Waals surface area (Å²) in [7, 11) is 4.43. The molecule has 0 spiro atoms. The van der Waals surface area contributed by atoms with Crippen molar-refractivity contribution in [2.45, 2.75) is 39.8 Å². The van der Waals surface area contributed by atoms with Gasteiger partial charge in [0.25, 0.3) is 7.82 Å². The smallest absolute Gasteiger partial charge is 0.268 e. The molecule has 0 aliphatic carbocycles. The molecule has 7 heteroatoms. The lowest BCUT2D eigenvalue weighted by Gasteiger charge is -2.38. The molecule has 0 N–H and O–H groups in total. The second kappa shape index (κ2) is 8.04. The summed E-state index contributed by atoms with van der Waals surface area (Å²) in [6.07, 6.45) is -0.389. The first-order chi connectivity index (χ1) is 9.27. The van der Waals surface area contributed by atoms with Gasteiger partial charge in [-0.2, -0.15) is 0 Å². The van der Waals surface area contributed by atoms with Gasteiger partial charge in [-0.3, -0.25) is 4.57 Å². The number of quaternary nitrogens is 2. The first kappa shape index (κ1) is 21.0. The Morgan fingerprint density at radius 2 is 1.52 bits per heavy atom. The van der Waals surface area contributed by atoms with Crippen molar-refractivity contribution in [1.29, 1.82) is 0 Å². The van der Waals surface area contributed by atoms with Crippen LogP contribution in [0.2, 0.25) is 0 Å². The molecule has 0 bridgehead atoms. The highest BCUT2D eigenvalue weighted by atomic mass is 31.2. The van der Waals surface area contributed by atoms with Crippen LogP contribution in [0, 0.1) is 0 Å². The minimum atomic E-state index is -4.17. The lowest BCUT2D eigenvalue weighted by atomic mass is 10.2. The Morgan fingerprint density at radius 1 is 1.00 bits per heavy atom. The van der Waals surface area contributed by atoms with Crippen molar-refractivity contribution in [3.63, 3.8) is 0 Å². The number of rotatable bonds is 10. The van der Waals surface area contributed by atoms with Crippen LogP contribution in [0.15, 0.2) is 0 Å². The van der Waals surface area contributed by atoms with Crippen molar-refractivity contribution < 1.29 is 27.5 Å². The van der Waals surface area contributed by atoms with Gasteiger partial charge in [0.2, 0.25) is 0 Å². The van der Waals surface area contributed by atoms with Gasteiger partial charge in [0, 0.05) is 0 Å². The Bertz CT molecular complexity index is 357. The van der Waals surface area contributed by atoms with E-state index < -0.39 is 7.82 Å². The van der Waals surface area contributed by atoms with Crippen LogP contribution in [0.1, 0.15) is 27.7 Å². The van der Waals surface area contributed by atoms with Gasteiger partial charge < -0.3 is 22.9 Å². The molecule has 0 aromatic heterocycles. The molecule has 0 heterocycles. The van der Waals surface area contributed by atoms with Crippen molar-refractivity contribution in [3.8, 4) is 0 Å². The SMILES string of the molecule is CC(C)OP(=O)([O-])OCC[N+](C)(C)CC[N+](C)(C)C(C)C. The Hall–Kier alpha value is 0.0300. The predicted octanol–water partition coefficient (Wildman–Crippen LogP) is 1.46. The molecule has 0 aromatic rings. The molecule has 6 nitrogen and oxygen atoms in total. The van der Waals surface area contributed by atoms with E-state index in [0.717, 1.165) is 22.1 Å². The van der Waals surface area contributed by atoms with Crippen LogP contribution in [-0.2, 0) is 13.6 Å². The van der Waals surface area contributed by atoms with Crippen molar-refractivity contribution in [2.24, 2.45) is 0 Å². The van der Waals surface area contributed by atoms with Crippen LogP contribution >= 0.6 is 7.82 Å². The molecule has 0 rings (SSSR count). The molecule has 128 valence electrons. The fraction of sp³-hybridized carbons (Fsp3) is 1.00. The van der Waals surface area contributed by atoms with Gasteiger partial charge in [-0.05, 0) is 27.7 Å². The van der Waals surface area contributed by atoms with Gasteiger partial charge in [0.05, 0.1) is 40.3 Å². The van der Waals surface area contributed by atoms with Crippen molar-refractivity contribution in [1.82, 2.24) is 0 Å². The summed E-state index contributed by atoms with van der Waals surface area (Å²) in [5.74, 6) is 0. The first-order valence-electron chi connectivity index (χ1n) is 7.56. The molecular weight excluding hydrogens is 291 g/mol. The van der Waals surface area contributed by atoms with Crippen LogP contribution in [0.25, 0.3) is 0 Å². The van der Waals surface area contributed by atoms with Crippen LogP contribution in [0.5, 0.6) is 0 Å². The van der Waals surface area contributed by atoms with E-state index in [-0.39, 0.29) is 12.7 Å². The largest absolute Gasteiger partial charge is 0.756 e. The molecule has 0 aromatic carbocycles. The fourth-order valence-electron chi connectivity index (χ4n) is 1.59. The van der Waals surface area contributed by atoms with Gasteiger partial charge in [-0.1, -0.05) is 0 Å². The fourth-order valence-corrected chi connectivity index (χ4v) is 2.47. The van der Waals surface area contributed by atoms with Crippen LogP contribution < -0.4 is 4.89 Å². The van der Waals surface area contributed by atoms with Crippen LogP contribution in [0.3, 0.4) is 0 Å². The highest BCUT2D eigenvalue weighted by Gasteiger charge is 2.25. The van der Waals surface area contributed by atoms with E-state index in [9.17, 15) is 9.46 Å². The molecule has 0 fully saturated rings. The van der Waals surface area contributed by atoms with E-state index in [0.29, 0.717) is 12.6 Å². The summed E-state index contributed by atoms with van der Waals surface area (Å²) in [5.41, 5.74) is 0. The minimum absolute atomic E-state index is 0.148. The second-order valence-corrected chi connectivity index (χ2v) is 8.78. The first-order valence-corrected chi connectivity index (χ1v) is 9.02. The van der Waals surface area contributed by atoms with Crippen molar-refractivity contribution >= 4 is 7.82 Å². The molecule has 1 atom stereocenters. The lowest BCUT2D eigenvalue weighted by molar-refractivity contribution is -0.956. The van der Waals surface area contributed by atoms with Gasteiger partial charge >= 0.3 is 0 Å². The highest BCUT2D eigenvalue weighted by Crippen LogP contribution is 2.39. The Morgan fingerprint density at radius 3 is 1.95 bits per heavy atom. The maximum absolute atomic E-state index is 11.5. The van der Waals surface area contributed by atoms with Crippen LogP contribution in [-0.4, -0.2) is 75.5 Å². The Balaban J connectivity index is 4.23. The van der Waals surface area contributed by atoms with Gasteiger partial charge in [-0.25, -0.2) is 0 Å². The summed E-state index contributed by atoms with van der Waals surface area (Å²) < 4.78 is 22.8. The second-order valence-electron chi connectivity index (χ2n) is 7.41. The molecule has 0 aliphatic rings. The maximum Gasteiger partial charge on any atom is 0.268 e. The maximum atomic E-state index is 11.5. The van der Waals surface area contributed by atoms with Gasteiger partial charge in [0.15, 0.2) is 0 Å². The normalized spacial score (nSPS) is 16.5. The summed E-state index contributed by atoms with van der Waals surface area (Å²) in [4.78, 5) is 11.5. The van der Waals surface area contributed by atoms with Crippen LogP contribution in [0.4, 0.5) is 0 Å². The molecule has 0 saturated carbocycles. The van der Waals surface area contributed by atoms with E-state index >= 15 is 0 Å². The highest BCUT2D eigenvalue weighted by molar-refractivity contribution is 7.45. The number of likely N-dealkylation sites (N-methyl/N-ethyl adjacent to an activating group) is 2. The number of phosphoric acid groups is 1. The molecular formula is C14H34N2O4P+. The quantitative estimate of drug-likeness (QED) is 0.451. The molecule has 1 unspecified atom stereocenters. The Kier molecular flexibility index (Phi) is 8.06. The molecule has 0 saturated heterocycles. The summed E-state index contributed by atoms with van der Waals surface area (Å²) in [5, 5.41) is 0. The monoisotopic (exact) mass is 325 g/mol. The van der Waals surface area contributed by atoms with Crippen molar-refractivity contribution in [3.05, 3.63) is 0 Å². The molecule has 0 radical (unpaired) electrons. The number of nitrogens with zero attached hydrogens (tertiary/aromatic N) is 2. The third kappa shape index (κ3) is 9.61. The number of hydrogen-bond acceptors (Lipinski definition) is 4. The number of hydrogen-bond donors (Lipinski definition) is 0. The average Bonchev–Trinajstić information content (AvgIpc) is 2.24. The third-order valence-corrected chi connectivity index (χ3v) is 5.14. The van der Waals surface area contributed by atoms with E-state index in [1.807, 2.05) is 0 Å². The molecule has 21 heavy (non-hydrogen) atoms. The lowest BCUT2D eigenvalue weighted by Crippen LogP contribution is -2.54. The molecule has 0 aliphatic heterocycles. The van der Waals surface area contributed by atoms with E-state index in [1.165, 1.54) is 0 Å². The molecule has 0 amide bonds. The van der Waals surface area contributed by atoms with E-state index in [2.05, 4.69) is 42.0 Å². The van der Waals surface area contributed by atoms with Crippen molar-refractivity contribution in [2.75, 3.05) is 54.4 Å². The summed E-state index contributed by atoms with van der Waals surface area (Å²) in [6.45, 7) is 10.5. The van der Waals surface area contributed by atoms with Gasteiger partial charge in [-0.15, -0.1) is 0 Å². The van der Waals surface area contributed by atoms with E-state index in [1.54, 1.807) is 13.8 Å². The predicted molar refractivity (Wildman–Crippen MR) is 83.7 cm³/mol. The van der Waals surface area contributed by atoms with E-state index in [4.69, 9.17) is 9.05 Å². The minimum Gasteiger partial charge on any atom is -0.756 e. The number of phosphoric ester groups is 1. The zero-order valence-electron chi connectivity index (χ0n) is 15.0. The summed E-state index contributed by atoms with van der Waals surface area (Å²) >= 11 is 0. The zero-order chi connectivity index (χ0) is 16.9. The average molecular weight is 325 g/mol. The van der Waals surface area contributed by atoms with Gasteiger partial charge in [0.1, 0.15) is 26.2 Å². The summed E-state index contributed by atoms with van der Waals surface area (Å²) in [6, 6.07) is 0.558.